The molecule has 0 aliphatic heterocycles. The summed E-state index contributed by atoms with van der Waals surface area (Å²) in [6.07, 6.45) is 0.691. The molecular weight excluding hydrogens is 414 g/mol. The Morgan fingerprint density at radius 2 is 1.90 bits per heavy atom. The van der Waals surface area contributed by atoms with E-state index in [0.29, 0.717) is 29.6 Å². The lowest BCUT2D eigenvalue weighted by atomic mass is 10.1. The van der Waals surface area contributed by atoms with E-state index in [0.717, 1.165) is 27.6 Å². The summed E-state index contributed by atoms with van der Waals surface area (Å²) in [5.41, 5.74) is 3.63. The highest BCUT2D eigenvalue weighted by Crippen LogP contribution is 2.28. The lowest BCUT2D eigenvalue weighted by Gasteiger charge is -2.10. The molecule has 31 heavy (non-hydrogen) atoms. The van der Waals surface area contributed by atoms with Gasteiger partial charge in [0.05, 0.1) is 25.5 Å². The molecule has 1 N–H and O–H groups in total. The van der Waals surface area contributed by atoms with Crippen molar-refractivity contribution in [2.45, 2.75) is 11.6 Å². The SMILES string of the molecule is COc1ccc(CCNC(=O)CSc2nnc3c4ccccc4n(C)c3n2)cc1OC. The van der Waals surface area contributed by atoms with Gasteiger partial charge >= 0.3 is 0 Å². The molecule has 0 aliphatic rings. The number of para-hydroxylation sites is 1. The average molecular weight is 438 g/mol. The van der Waals surface area contributed by atoms with E-state index in [2.05, 4.69) is 20.5 Å². The molecule has 1 amide bonds. The zero-order chi connectivity index (χ0) is 21.8. The highest BCUT2D eigenvalue weighted by atomic mass is 32.2. The molecular formula is C22H23N5O3S. The van der Waals surface area contributed by atoms with Crippen molar-refractivity contribution in [2.24, 2.45) is 7.05 Å². The number of benzene rings is 2. The molecule has 8 nitrogen and oxygen atoms in total. The average Bonchev–Trinajstić information content (AvgIpc) is 3.09. The molecule has 2 aromatic carbocycles. The van der Waals surface area contributed by atoms with Gasteiger partial charge in [-0.05, 0) is 30.2 Å². The first-order chi connectivity index (χ1) is 15.1. The van der Waals surface area contributed by atoms with Gasteiger partial charge in [0.15, 0.2) is 17.1 Å². The highest BCUT2D eigenvalue weighted by Gasteiger charge is 2.13. The minimum atomic E-state index is -0.0776. The van der Waals surface area contributed by atoms with E-state index in [-0.39, 0.29) is 11.7 Å². The number of hydrogen-bond acceptors (Lipinski definition) is 7. The molecule has 9 heteroatoms. The van der Waals surface area contributed by atoms with Crippen LogP contribution in [0.2, 0.25) is 0 Å². The summed E-state index contributed by atoms with van der Waals surface area (Å²) < 4.78 is 12.5. The fourth-order valence-electron chi connectivity index (χ4n) is 3.42. The molecule has 2 aromatic heterocycles. The van der Waals surface area contributed by atoms with Crippen molar-refractivity contribution in [3.63, 3.8) is 0 Å². The Bertz CT molecular complexity index is 1240. The lowest BCUT2D eigenvalue weighted by molar-refractivity contribution is -0.118. The fraction of sp³-hybridized carbons (Fsp3) is 0.273. The number of aryl methyl sites for hydroxylation is 1. The Hall–Kier alpha value is -3.33. The van der Waals surface area contributed by atoms with Crippen molar-refractivity contribution in [1.29, 1.82) is 0 Å². The van der Waals surface area contributed by atoms with Crippen LogP contribution in [-0.2, 0) is 18.3 Å². The topological polar surface area (TPSA) is 91.2 Å². The lowest BCUT2D eigenvalue weighted by Crippen LogP contribution is -2.27. The molecule has 0 saturated carbocycles. The predicted octanol–water partition coefficient (Wildman–Crippen LogP) is 2.98. The van der Waals surface area contributed by atoms with Gasteiger partial charge in [0, 0.05) is 19.0 Å². The molecule has 0 radical (unpaired) electrons. The van der Waals surface area contributed by atoms with Gasteiger partial charge in [-0.15, -0.1) is 10.2 Å². The minimum absolute atomic E-state index is 0.0776. The zero-order valence-corrected chi connectivity index (χ0v) is 18.4. The third-order valence-corrected chi connectivity index (χ3v) is 5.84. The van der Waals surface area contributed by atoms with Crippen LogP contribution >= 0.6 is 11.8 Å². The van der Waals surface area contributed by atoms with Crippen molar-refractivity contribution in [1.82, 2.24) is 25.1 Å². The third-order valence-electron chi connectivity index (χ3n) is 5.00. The van der Waals surface area contributed by atoms with Gasteiger partial charge in [-0.1, -0.05) is 36.0 Å². The van der Waals surface area contributed by atoms with Crippen molar-refractivity contribution in [3.8, 4) is 11.5 Å². The molecule has 0 fully saturated rings. The zero-order valence-electron chi connectivity index (χ0n) is 17.6. The van der Waals surface area contributed by atoms with Crippen LogP contribution < -0.4 is 14.8 Å². The summed E-state index contributed by atoms with van der Waals surface area (Å²) in [4.78, 5) is 16.8. The normalized spacial score (nSPS) is 11.1. The standard InChI is InChI=1S/C22H23N5O3S/c1-27-16-7-5-4-6-15(16)20-21(27)24-22(26-25-20)31-13-19(28)23-11-10-14-8-9-17(29-2)18(12-14)30-3/h4-9,12H,10-11,13H2,1-3H3,(H,23,28). The number of aromatic nitrogens is 4. The molecule has 0 atom stereocenters. The summed E-state index contributed by atoms with van der Waals surface area (Å²) in [5.74, 6) is 1.51. The third kappa shape index (κ3) is 4.41. The van der Waals surface area contributed by atoms with E-state index in [1.54, 1.807) is 14.2 Å². The van der Waals surface area contributed by atoms with E-state index >= 15 is 0 Å². The number of fused-ring (bicyclic) bond motifs is 3. The van der Waals surface area contributed by atoms with Crippen LogP contribution in [-0.4, -0.2) is 52.2 Å². The molecule has 4 aromatic rings. The number of hydrogen-bond donors (Lipinski definition) is 1. The monoisotopic (exact) mass is 437 g/mol. The van der Waals surface area contributed by atoms with E-state index in [1.807, 2.05) is 54.1 Å². The minimum Gasteiger partial charge on any atom is -0.493 e. The molecule has 0 unspecified atom stereocenters. The first-order valence-corrected chi connectivity index (χ1v) is 10.8. The van der Waals surface area contributed by atoms with Crippen molar-refractivity contribution < 1.29 is 14.3 Å². The smallest absolute Gasteiger partial charge is 0.230 e. The fourth-order valence-corrected chi connectivity index (χ4v) is 4.03. The van der Waals surface area contributed by atoms with Gasteiger partial charge < -0.3 is 19.4 Å². The molecule has 160 valence electrons. The molecule has 0 aliphatic carbocycles. The highest BCUT2D eigenvalue weighted by molar-refractivity contribution is 7.99. The van der Waals surface area contributed by atoms with E-state index in [4.69, 9.17) is 9.47 Å². The molecule has 2 heterocycles. The van der Waals surface area contributed by atoms with Gasteiger partial charge in [0.2, 0.25) is 11.1 Å². The van der Waals surface area contributed by atoms with Crippen LogP contribution in [0.5, 0.6) is 11.5 Å². The predicted molar refractivity (Wildman–Crippen MR) is 121 cm³/mol. The van der Waals surface area contributed by atoms with Gasteiger partial charge in [-0.3, -0.25) is 4.79 Å². The van der Waals surface area contributed by atoms with Crippen molar-refractivity contribution in [2.75, 3.05) is 26.5 Å². The summed E-state index contributed by atoms with van der Waals surface area (Å²) in [5, 5.41) is 12.9. The number of amides is 1. The van der Waals surface area contributed by atoms with E-state index in [1.165, 1.54) is 11.8 Å². The number of nitrogens with one attached hydrogen (secondary N) is 1. The summed E-state index contributed by atoms with van der Waals surface area (Å²) >= 11 is 1.27. The summed E-state index contributed by atoms with van der Waals surface area (Å²) in [6.45, 7) is 0.524. The first-order valence-electron chi connectivity index (χ1n) is 9.79. The number of rotatable bonds is 8. The number of carbonyl (C=O) groups excluding carboxylic acids is 1. The first kappa shape index (κ1) is 20.9. The maximum absolute atomic E-state index is 12.2. The summed E-state index contributed by atoms with van der Waals surface area (Å²) in [6, 6.07) is 13.7. The number of methoxy groups -OCH3 is 2. The molecule has 4 rings (SSSR count). The Morgan fingerprint density at radius 3 is 2.71 bits per heavy atom. The van der Waals surface area contributed by atoms with Crippen LogP contribution in [0.3, 0.4) is 0 Å². The van der Waals surface area contributed by atoms with Gasteiger partial charge in [0.25, 0.3) is 0 Å². The number of nitrogens with zero attached hydrogens (tertiary/aromatic N) is 4. The van der Waals surface area contributed by atoms with Crippen LogP contribution in [0, 0.1) is 0 Å². The Labute approximate surface area is 184 Å². The Kier molecular flexibility index (Phi) is 6.22. The second kappa shape index (κ2) is 9.22. The number of thioether (sulfide) groups is 1. The molecule has 0 bridgehead atoms. The Balaban J connectivity index is 1.33. The largest absolute Gasteiger partial charge is 0.493 e. The van der Waals surface area contributed by atoms with Crippen LogP contribution in [0.25, 0.3) is 22.1 Å². The van der Waals surface area contributed by atoms with E-state index < -0.39 is 0 Å². The summed E-state index contributed by atoms with van der Waals surface area (Å²) in [7, 11) is 5.16. The van der Waals surface area contributed by atoms with Crippen LogP contribution in [0.4, 0.5) is 0 Å². The quantitative estimate of drug-likeness (QED) is 0.424. The van der Waals surface area contributed by atoms with Crippen LogP contribution in [0.15, 0.2) is 47.6 Å². The van der Waals surface area contributed by atoms with Gasteiger partial charge in [-0.25, -0.2) is 4.98 Å². The number of carbonyl (C=O) groups is 1. The van der Waals surface area contributed by atoms with Crippen LogP contribution in [0.1, 0.15) is 5.56 Å². The van der Waals surface area contributed by atoms with Gasteiger partial charge in [-0.2, -0.15) is 0 Å². The van der Waals surface area contributed by atoms with Crippen molar-refractivity contribution >= 4 is 39.7 Å². The molecule has 0 saturated heterocycles. The maximum Gasteiger partial charge on any atom is 0.230 e. The van der Waals surface area contributed by atoms with E-state index in [9.17, 15) is 4.79 Å². The van der Waals surface area contributed by atoms with Crippen molar-refractivity contribution in [3.05, 3.63) is 48.0 Å². The molecule has 0 spiro atoms. The Morgan fingerprint density at radius 1 is 1.10 bits per heavy atom. The second-order valence-corrected chi connectivity index (χ2v) is 7.86. The maximum atomic E-state index is 12.2. The van der Waals surface area contributed by atoms with Gasteiger partial charge in [0.1, 0.15) is 5.52 Å². The second-order valence-electron chi connectivity index (χ2n) is 6.92. The number of ether oxygens (including phenoxy) is 2.